The summed E-state index contributed by atoms with van der Waals surface area (Å²) >= 11 is 0. The summed E-state index contributed by atoms with van der Waals surface area (Å²) in [6.45, 7) is 4.32. The first-order valence-electron chi connectivity index (χ1n) is 3.98. The third kappa shape index (κ3) is 0.900. The second-order valence-electron chi connectivity index (χ2n) is 3.08. The fourth-order valence-corrected chi connectivity index (χ4v) is 1.70. The van der Waals surface area contributed by atoms with Gasteiger partial charge < -0.3 is 0 Å². The van der Waals surface area contributed by atoms with Crippen LogP contribution in [0.1, 0.15) is 30.9 Å². The third-order valence-corrected chi connectivity index (χ3v) is 2.26. The third-order valence-electron chi connectivity index (χ3n) is 2.26. The van der Waals surface area contributed by atoms with Crippen molar-refractivity contribution in [3.63, 3.8) is 0 Å². The number of hydrogen-bond acceptors (Lipinski definition) is 0. The summed E-state index contributed by atoms with van der Waals surface area (Å²) in [5.41, 5.74) is 4.10. The van der Waals surface area contributed by atoms with Crippen LogP contribution in [-0.2, 0) is 0 Å². The molecule has 0 amide bonds. The van der Waals surface area contributed by atoms with E-state index in [1.54, 1.807) is 0 Å². The second kappa shape index (κ2) is 2.23. The lowest BCUT2D eigenvalue weighted by molar-refractivity contribution is 0.964. The minimum Gasteiger partial charge on any atom is -0.0619 e. The number of benzene rings is 1. The molecule has 0 aliphatic heterocycles. The number of allylic oxidation sites excluding steroid dienone is 2. The highest BCUT2D eigenvalue weighted by molar-refractivity contribution is 5.70. The van der Waals surface area contributed by atoms with E-state index in [1.807, 2.05) is 0 Å². The highest BCUT2D eigenvalue weighted by Crippen LogP contribution is 2.33. The van der Waals surface area contributed by atoms with Crippen LogP contribution in [0, 0.1) is 6.08 Å². The Kier molecular flexibility index (Phi) is 1.35. The van der Waals surface area contributed by atoms with E-state index in [4.69, 9.17) is 0 Å². The van der Waals surface area contributed by atoms with Gasteiger partial charge in [0.15, 0.2) is 0 Å². The Balaban J connectivity index is 2.62. The van der Waals surface area contributed by atoms with Gasteiger partial charge in [0.25, 0.3) is 0 Å². The zero-order valence-electron chi connectivity index (χ0n) is 6.89. The molecule has 1 radical (unpaired) electrons. The van der Waals surface area contributed by atoms with Gasteiger partial charge in [-0.25, -0.2) is 0 Å². The molecule has 1 aromatic rings. The first-order chi connectivity index (χ1) is 5.29. The predicted molar refractivity (Wildman–Crippen MR) is 47.2 cm³/mol. The Morgan fingerprint density at radius 2 is 2.00 bits per heavy atom. The molecule has 0 spiro atoms. The van der Waals surface area contributed by atoms with E-state index in [0.717, 1.165) is 0 Å². The number of hydrogen-bond donors (Lipinski definition) is 0. The topological polar surface area (TPSA) is 0 Å². The van der Waals surface area contributed by atoms with Crippen molar-refractivity contribution in [2.45, 2.75) is 19.8 Å². The van der Waals surface area contributed by atoms with E-state index in [1.165, 1.54) is 16.7 Å². The fraction of sp³-hybridized carbons (Fsp3) is 0.273. The van der Waals surface area contributed by atoms with Crippen LogP contribution in [-0.4, -0.2) is 0 Å². The monoisotopic (exact) mass is 143 g/mol. The Labute approximate surface area is 67.6 Å². The summed E-state index contributed by atoms with van der Waals surface area (Å²) in [6.07, 6.45) is 3.40. The molecule has 2 rings (SSSR count). The molecular weight excluding hydrogens is 132 g/mol. The van der Waals surface area contributed by atoms with Gasteiger partial charge in [0.05, 0.1) is 0 Å². The van der Waals surface area contributed by atoms with Gasteiger partial charge >= 0.3 is 0 Å². The molecule has 1 atom stereocenters. The highest BCUT2D eigenvalue weighted by atomic mass is 14.2. The van der Waals surface area contributed by atoms with Crippen molar-refractivity contribution in [2.24, 2.45) is 0 Å². The molecule has 1 aromatic carbocycles. The van der Waals surface area contributed by atoms with Crippen LogP contribution in [0.15, 0.2) is 24.3 Å². The summed E-state index contributed by atoms with van der Waals surface area (Å²) in [7, 11) is 0. The van der Waals surface area contributed by atoms with Crippen molar-refractivity contribution < 1.29 is 0 Å². The Hall–Kier alpha value is -1.04. The molecule has 0 N–H and O–H groups in total. The molecule has 0 nitrogen and oxygen atoms in total. The Morgan fingerprint density at radius 1 is 1.27 bits per heavy atom. The normalized spacial score (nSPS) is 21.3. The summed E-state index contributed by atoms with van der Waals surface area (Å²) in [5.74, 6) is 0.492. The molecule has 0 saturated heterocycles. The molecule has 1 aliphatic rings. The largest absolute Gasteiger partial charge is 0.0619 e. The summed E-state index contributed by atoms with van der Waals surface area (Å²) in [4.78, 5) is 0. The van der Waals surface area contributed by atoms with Crippen molar-refractivity contribution in [3.05, 3.63) is 41.5 Å². The van der Waals surface area contributed by atoms with Gasteiger partial charge in [0, 0.05) is 5.92 Å². The molecular formula is C11H11. The summed E-state index contributed by atoms with van der Waals surface area (Å²) < 4.78 is 0. The standard InChI is InChI=1S/C11H11/c1-8-7-9(2)11-6-4-3-5-10(8)11/h3-6,8H,1-2H3. The molecule has 11 heavy (non-hydrogen) atoms. The van der Waals surface area contributed by atoms with E-state index in [-0.39, 0.29) is 0 Å². The van der Waals surface area contributed by atoms with Crippen molar-refractivity contribution >= 4 is 5.57 Å². The first-order valence-corrected chi connectivity index (χ1v) is 3.98. The number of fused-ring (bicyclic) bond motifs is 1. The predicted octanol–water partition coefficient (Wildman–Crippen LogP) is 3.01. The van der Waals surface area contributed by atoms with Crippen LogP contribution in [0.3, 0.4) is 0 Å². The van der Waals surface area contributed by atoms with Crippen LogP contribution >= 0.6 is 0 Å². The lowest BCUT2D eigenvalue weighted by atomic mass is 10.0. The van der Waals surface area contributed by atoms with Crippen LogP contribution < -0.4 is 0 Å². The summed E-state index contributed by atoms with van der Waals surface area (Å²) in [5, 5.41) is 0. The lowest BCUT2D eigenvalue weighted by Gasteiger charge is -2.02. The SMILES string of the molecule is CC1=[C]C(C)c2ccccc21. The van der Waals surface area contributed by atoms with Gasteiger partial charge in [-0.3, -0.25) is 0 Å². The molecule has 0 aromatic heterocycles. The van der Waals surface area contributed by atoms with E-state index in [0.29, 0.717) is 5.92 Å². The van der Waals surface area contributed by atoms with Gasteiger partial charge in [-0.05, 0) is 29.7 Å². The fourth-order valence-electron chi connectivity index (χ4n) is 1.70. The molecule has 1 aliphatic carbocycles. The zero-order chi connectivity index (χ0) is 7.84. The minimum atomic E-state index is 0.492. The first kappa shape index (κ1) is 6.66. The second-order valence-corrected chi connectivity index (χ2v) is 3.08. The van der Waals surface area contributed by atoms with Crippen LogP contribution in [0.25, 0.3) is 5.57 Å². The molecule has 0 heterocycles. The highest BCUT2D eigenvalue weighted by Gasteiger charge is 2.15. The number of rotatable bonds is 0. The maximum atomic E-state index is 3.40. The Morgan fingerprint density at radius 3 is 2.73 bits per heavy atom. The van der Waals surface area contributed by atoms with E-state index in [9.17, 15) is 0 Å². The quantitative estimate of drug-likeness (QED) is 0.523. The molecule has 55 valence electrons. The molecule has 0 fully saturated rings. The van der Waals surface area contributed by atoms with Crippen molar-refractivity contribution in [3.8, 4) is 0 Å². The molecule has 0 saturated carbocycles. The lowest BCUT2D eigenvalue weighted by Crippen LogP contribution is -1.85. The van der Waals surface area contributed by atoms with Crippen LogP contribution in [0.4, 0.5) is 0 Å². The van der Waals surface area contributed by atoms with Crippen molar-refractivity contribution in [1.82, 2.24) is 0 Å². The van der Waals surface area contributed by atoms with Gasteiger partial charge in [-0.2, -0.15) is 0 Å². The van der Waals surface area contributed by atoms with Crippen molar-refractivity contribution in [1.29, 1.82) is 0 Å². The molecule has 0 bridgehead atoms. The molecule has 0 heteroatoms. The maximum Gasteiger partial charge on any atom is 0.00729 e. The average molecular weight is 143 g/mol. The van der Waals surface area contributed by atoms with Gasteiger partial charge in [-0.1, -0.05) is 31.2 Å². The van der Waals surface area contributed by atoms with Gasteiger partial charge in [0.2, 0.25) is 0 Å². The Bertz CT molecular complexity index is 308. The zero-order valence-corrected chi connectivity index (χ0v) is 6.89. The maximum absolute atomic E-state index is 3.40. The summed E-state index contributed by atoms with van der Waals surface area (Å²) in [6, 6.07) is 8.53. The van der Waals surface area contributed by atoms with Gasteiger partial charge in [-0.15, -0.1) is 0 Å². The van der Waals surface area contributed by atoms with Crippen LogP contribution in [0.5, 0.6) is 0 Å². The molecule has 1 unspecified atom stereocenters. The van der Waals surface area contributed by atoms with Crippen LogP contribution in [0.2, 0.25) is 0 Å². The smallest absolute Gasteiger partial charge is 0.00729 e. The minimum absolute atomic E-state index is 0.492. The average Bonchev–Trinajstić information content (AvgIpc) is 2.30. The van der Waals surface area contributed by atoms with E-state index >= 15 is 0 Å². The van der Waals surface area contributed by atoms with Crippen molar-refractivity contribution in [2.75, 3.05) is 0 Å². The van der Waals surface area contributed by atoms with Gasteiger partial charge in [0.1, 0.15) is 0 Å². The van der Waals surface area contributed by atoms with E-state index < -0.39 is 0 Å². The van der Waals surface area contributed by atoms with E-state index in [2.05, 4.69) is 44.2 Å².